The normalized spacial score (nSPS) is 10.7. The van der Waals surface area contributed by atoms with Gasteiger partial charge in [0, 0.05) is 23.6 Å². The van der Waals surface area contributed by atoms with E-state index in [1.165, 1.54) is 18.3 Å². The first-order chi connectivity index (χ1) is 14.1. The van der Waals surface area contributed by atoms with E-state index in [1.807, 2.05) is 54.8 Å². The zero-order valence-electron chi connectivity index (χ0n) is 16.4. The maximum absolute atomic E-state index is 11.1. The van der Waals surface area contributed by atoms with Gasteiger partial charge in [-0.1, -0.05) is 12.1 Å². The van der Waals surface area contributed by atoms with Gasteiger partial charge in [-0.2, -0.15) is 5.10 Å². The molecule has 3 aromatic rings. The summed E-state index contributed by atoms with van der Waals surface area (Å²) >= 11 is 1.46. The maximum Gasteiger partial charge on any atom is 0.221 e. The molecular weight excluding hydrogens is 388 g/mol. The Hall–Kier alpha value is -3.39. The molecule has 0 aliphatic heterocycles. The number of amides is 1. The van der Waals surface area contributed by atoms with Crippen LogP contribution in [0.5, 0.6) is 11.5 Å². The van der Waals surface area contributed by atoms with Gasteiger partial charge in [-0.3, -0.25) is 10.2 Å². The SMILES string of the molecule is CCOc1ccc(/C=N\Nc2nc(-c3ccc(NC(C)=O)cc3)cs2)cc1OC. The number of hydrazone groups is 1. The number of anilines is 2. The number of carbonyl (C=O) groups is 1. The van der Waals surface area contributed by atoms with Crippen LogP contribution in [0.3, 0.4) is 0 Å². The van der Waals surface area contributed by atoms with E-state index >= 15 is 0 Å². The third kappa shape index (κ3) is 5.55. The molecule has 0 bridgehead atoms. The van der Waals surface area contributed by atoms with Crippen LogP contribution >= 0.6 is 11.3 Å². The third-order valence-electron chi connectivity index (χ3n) is 3.87. The molecule has 2 N–H and O–H groups in total. The molecule has 29 heavy (non-hydrogen) atoms. The fourth-order valence-electron chi connectivity index (χ4n) is 2.59. The van der Waals surface area contributed by atoms with E-state index in [1.54, 1.807) is 13.3 Å². The van der Waals surface area contributed by atoms with E-state index in [2.05, 4.69) is 20.8 Å². The summed E-state index contributed by atoms with van der Waals surface area (Å²) in [6.45, 7) is 3.99. The second-order valence-electron chi connectivity index (χ2n) is 6.01. The van der Waals surface area contributed by atoms with Crippen molar-refractivity contribution >= 4 is 34.3 Å². The lowest BCUT2D eigenvalue weighted by Crippen LogP contribution is -2.05. The highest BCUT2D eigenvalue weighted by Gasteiger charge is 2.06. The van der Waals surface area contributed by atoms with Gasteiger partial charge in [0.1, 0.15) is 0 Å². The van der Waals surface area contributed by atoms with Crippen molar-refractivity contribution in [3.63, 3.8) is 0 Å². The molecule has 0 saturated carbocycles. The molecule has 150 valence electrons. The van der Waals surface area contributed by atoms with Crippen LogP contribution in [0.4, 0.5) is 10.8 Å². The predicted molar refractivity (Wildman–Crippen MR) is 117 cm³/mol. The molecule has 0 radical (unpaired) electrons. The smallest absolute Gasteiger partial charge is 0.221 e. The van der Waals surface area contributed by atoms with Crippen molar-refractivity contribution in [2.45, 2.75) is 13.8 Å². The van der Waals surface area contributed by atoms with Crippen LogP contribution in [-0.4, -0.2) is 30.8 Å². The number of nitrogens with one attached hydrogen (secondary N) is 2. The Kier molecular flexibility index (Phi) is 6.80. The number of benzene rings is 2. The Morgan fingerprint density at radius 3 is 2.69 bits per heavy atom. The van der Waals surface area contributed by atoms with Crippen LogP contribution in [0.25, 0.3) is 11.3 Å². The fraction of sp³-hybridized carbons (Fsp3) is 0.190. The number of hydrogen-bond donors (Lipinski definition) is 2. The summed E-state index contributed by atoms with van der Waals surface area (Å²) in [5.41, 5.74) is 6.38. The molecule has 1 amide bonds. The zero-order chi connectivity index (χ0) is 20.6. The van der Waals surface area contributed by atoms with Gasteiger partial charge in [-0.05, 0) is 42.8 Å². The highest BCUT2D eigenvalue weighted by Crippen LogP contribution is 2.28. The largest absolute Gasteiger partial charge is 0.493 e. The summed E-state index contributed by atoms with van der Waals surface area (Å²) in [4.78, 5) is 15.6. The molecule has 3 rings (SSSR count). The number of methoxy groups -OCH3 is 1. The molecule has 0 unspecified atom stereocenters. The van der Waals surface area contributed by atoms with Crippen LogP contribution in [0.2, 0.25) is 0 Å². The van der Waals surface area contributed by atoms with Gasteiger partial charge in [0.15, 0.2) is 11.5 Å². The van der Waals surface area contributed by atoms with E-state index in [9.17, 15) is 4.79 Å². The second kappa shape index (κ2) is 9.70. The Morgan fingerprint density at radius 2 is 2.00 bits per heavy atom. The first kappa shape index (κ1) is 20.3. The number of ether oxygens (including phenoxy) is 2. The highest BCUT2D eigenvalue weighted by molar-refractivity contribution is 7.14. The summed E-state index contributed by atoms with van der Waals surface area (Å²) < 4.78 is 10.9. The molecule has 0 fully saturated rings. The van der Waals surface area contributed by atoms with Crippen molar-refractivity contribution in [3.05, 3.63) is 53.4 Å². The summed E-state index contributed by atoms with van der Waals surface area (Å²) in [6.07, 6.45) is 1.70. The average molecular weight is 410 g/mol. The van der Waals surface area contributed by atoms with Crippen molar-refractivity contribution in [1.82, 2.24) is 4.98 Å². The molecule has 1 heterocycles. The number of rotatable bonds is 8. The van der Waals surface area contributed by atoms with E-state index < -0.39 is 0 Å². The predicted octanol–water partition coefficient (Wildman–Crippen LogP) is 4.62. The van der Waals surface area contributed by atoms with Gasteiger partial charge in [0.25, 0.3) is 0 Å². The molecule has 0 saturated heterocycles. The molecule has 8 heteroatoms. The monoisotopic (exact) mass is 410 g/mol. The van der Waals surface area contributed by atoms with E-state index in [-0.39, 0.29) is 5.91 Å². The summed E-state index contributed by atoms with van der Waals surface area (Å²) in [6, 6.07) is 13.2. The number of thiazole rings is 1. The molecule has 7 nitrogen and oxygen atoms in total. The fourth-order valence-corrected chi connectivity index (χ4v) is 3.26. The van der Waals surface area contributed by atoms with Crippen molar-refractivity contribution in [2.24, 2.45) is 5.10 Å². The Balaban J connectivity index is 1.64. The number of nitrogens with zero attached hydrogens (tertiary/aromatic N) is 2. The summed E-state index contributed by atoms with van der Waals surface area (Å²) in [7, 11) is 1.61. The number of aromatic nitrogens is 1. The minimum atomic E-state index is -0.0964. The lowest BCUT2D eigenvalue weighted by molar-refractivity contribution is -0.114. The minimum absolute atomic E-state index is 0.0964. The van der Waals surface area contributed by atoms with E-state index in [0.717, 1.165) is 22.5 Å². The van der Waals surface area contributed by atoms with Crippen LogP contribution in [0.15, 0.2) is 52.9 Å². The summed E-state index contributed by atoms with van der Waals surface area (Å²) in [5, 5.41) is 9.62. The van der Waals surface area contributed by atoms with Crippen molar-refractivity contribution in [2.75, 3.05) is 24.5 Å². The second-order valence-corrected chi connectivity index (χ2v) is 6.87. The number of hydrogen-bond acceptors (Lipinski definition) is 7. The highest BCUT2D eigenvalue weighted by atomic mass is 32.1. The van der Waals surface area contributed by atoms with E-state index in [4.69, 9.17) is 9.47 Å². The lowest BCUT2D eigenvalue weighted by Gasteiger charge is -2.09. The van der Waals surface area contributed by atoms with Gasteiger partial charge >= 0.3 is 0 Å². The Bertz CT molecular complexity index is 999. The number of carbonyl (C=O) groups excluding carboxylic acids is 1. The van der Waals surface area contributed by atoms with E-state index in [0.29, 0.717) is 23.2 Å². The van der Waals surface area contributed by atoms with Gasteiger partial charge in [0.05, 0.1) is 25.6 Å². The lowest BCUT2D eigenvalue weighted by atomic mass is 10.1. The molecule has 0 spiro atoms. The first-order valence-corrected chi connectivity index (χ1v) is 9.90. The van der Waals surface area contributed by atoms with Gasteiger partial charge in [0.2, 0.25) is 11.0 Å². The van der Waals surface area contributed by atoms with Gasteiger partial charge in [-0.25, -0.2) is 4.98 Å². The zero-order valence-corrected chi connectivity index (χ0v) is 17.2. The minimum Gasteiger partial charge on any atom is -0.493 e. The first-order valence-electron chi connectivity index (χ1n) is 9.02. The summed E-state index contributed by atoms with van der Waals surface area (Å²) in [5.74, 6) is 1.27. The topological polar surface area (TPSA) is 84.8 Å². The maximum atomic E-state index is 11.1. The molecule has 2 aromatic carbocycles. The molecular formula is C21H22N4O3S. The van der Waals surface area contributed by atoms with Crippen molar-refractivity contribution in [3.8, 4) is 22.8 Å². The quantitative estimate of drug-likeness (QED) is 0.418. The Morgan fingerprint density at radius 1 is 1.21 bits per heavy atom. The van der Waals surface area contributed by atoms with Crippen LogP contribution in [0.1, 0.15) is 19.4 Å². The van der Waals surface area contributed by atoms with Crippen molar-refractivity contribution < 1.29 is 14.3 Å². The molecule has 0 aliphatic rings. The van der Waals surface area contributed by atoms with Crippen LogP contribution < -0.4 is 20.2 Å². The Labute approximate surface area is 173 Å². The molecule has 0 atom stereocenters. The van der Waals surface area contributed by atoms with Gasteiger partial charge < -0.3 is 14.8 Å². The van der Waals surface area contributed by atoms with Gasteiger partial charge in [-0.15, -0.1) is 11.3 Å². The van der Waals surface area contributed by atoms with Crippen LogP contribution in [0, 0.1) is 0 Å². The van der Waals surface area contributed by atoms with Crippen LogP contribution in [-0.2, 0) is 4.79 Å². The molecule has 1 aromatic heterocycles. The molecule has 0 aliphatic carbocycles. The standard InChI is InChI=1S/C21H22N4O3S/c1-4-28-19-10-5-15(11-20(19)27-3)12-22-25-21-24-18(13-29-21)16-6-8-17(9-7-16)23-14(2)26/h5-13H,4H2,1-3H3,(H,23,26)(H,24,25)/b22-12-. The van der Waals surface area contributed by atoms with Crippen molar-refractivity contribution in [1.29, 1.82) is 0 Å². The third-order valence-corrected chi connectivity index (χ3v) is 4.61. The average Bonchev–Trinajstić information content (AvgIpc) is 3.18.